The Morgan fingerprint density at radius 2 is 1.84 bits per heavy atom. The van der Waals surface area contributed by atoms with Crippen molar-refractivity contribution in [2.45, 2.75) is 39.5 Å². The molecule has 0 spiro atoms. The molecule has 0 radical (unpaired) electrons. The van der Waals surface area contributed by atoms with Crippen LogP contribution in [0.4, 0.5) is 11.4 Å². The van der Waals surface area contributed by atoms with Gasteiger partial charge in [0.1, 0.15) is 0 Å². The summed E-state index contributed by atoms with van der Waals surface area (Å²) >= 11 is 0. The molecule has 0 aliphatic heterocycles. The topological polar surface area (TPSA) is 58.2 Å². The van der Waals surface area contributed by atoms with Gasteiger partial charge in [0.25, 0.3) is 0 Å². The minimum Gasteiger partial charge on any atom is -0.326 e. The van der Waals surface area contributed by atoms with Gasteiger partial charge in [-0.1, -0.05) is 18.9 Å². The van der Waals surface area contributed by atoms with Crippen LogP contribution in [-0.4, -0.2) is 11.8 Å². The Kier molecular flexibility index (Phi) is 4.20. The van der Waals surface area contributed by atoms with Crippen molar-refractivity contribution in [1.82, 2.24) is 0 Å². The maximum Gasteiger partial charge on any atom is 0.227 e. The number of amides is 2. The number of rotatable bonds is 3. The zero-order valence-electron chi connectivity index (χ0n) is 11.5. The largest absolute Gasteiger partial charge is 0.326 e. The van der Waals surface area contributed by atoms with E-state index in [-0.39, 0.29) is 17.7 Å². The van der Waals surface area contributed by atoms with Gasteiger partial charge in [0, 0.05) is 24.2 Å². The second kappa shape index (κ2) is 5.87. The Hall–Kier alpha value is -1.84. The van der Waals surface area contributed by atoms with Gasteiger partial charge in [-0.2, -0.15) is 0 Å². The summed E-state index contributed by atoms with van der Waals surface area (Å²) in [6.07, 6.45) is 4.25. The van der Waals surface area contributed by atoms with Crippen molar-refractivity contribution in [2.24, 2.45) is 5.92 Å². The lowest BCUT2D eigenvalue weighted by Gasteiger charge is -2.14. The highest BCUT2D eigenvalue weighted by Gasteiger charge is 2.22. The van der Waals surface area contributed by atoms with E-state index in [0.29, 0.717) is 5.69 Å². The number of carbonyl (C=O) groups excluding carboxylic acids is 2. The molecular formula is C15H20N2O2. The van der Waals surface area contributed by atoms with Crippen molar-refractivity contribution in [3.63, 3.8) is 0 Å². The molecule has 1 aliphatic rings. The third-order valence-corrected chi connectivity index (χ3v) is 3.54. The monoisotopic (exact) mass is 260 g/mol. The van der Waals surface area contributed by atoms with E-state index in [1.807, 2.05) is 25.1 Å². The van der Waals surface area contributed by atoms with Crippen molar-refractivity contribution in [1.29, 1.82) is 0 Å². The summed E-state index contributed by atoms with van der Waals surface area (Å²) in [7, 11) is 0. The second-order valence-corrected chi connectivity index (χ2v) is 5.18. The Bertz CT molecular complexity index is 491. The summed E-state index contributed by atoms with van der Waals surface area (Å²) in [6.45, 7) is 3.42. The lowest BCUT2D eigenvalue weighted by molar-refractivity contribution is -0.119. The molecule has 0 atom stereocenters. The molecule has 0 heterocycles. The summed E-state index contributed by atoms with van der Waals surface area (Å²) in [6, 6.07) is 5.54. The quantitative estimate of drug-likeness (QED) is 0.877. The summed E-state index contributed by atoms with van der Waals surface area (Å²) < 4.78 is 0. The number of anilines is 2. The number of nitrogens with one attached hydrogen (secondary N) is 2. The normalized spacial score (nSPS) is 15.3. The van der Waals surface area contributed by atoms with E-state index in [9.17, 15) is 9.59 Å². The van der Waals surface area contributed by atoms with E-state index in [4.69, 9.17) is 0 Å². The Morgan fingerprint density at radius 1 is 1.16 bits per heavy atom. The van der Waals surface area contributed by atoms with E-state index in [2.05, 4.69) is 10.6 Å². The molecule has 2 N–H and O–H groups in total. The van der Waals surface area contributed by atoms with Crippen LogP contribution in [0.5, 0.6) is 0 Å². The maximum absolute atomic E-state index is 12.1. The lowest BCUT2D eigenvalue weighted by atomic mass is 10.1. The Morgan fingerprint density at radius 3 is 2.47 bits per heavy atom. The highest BCUT2D eigenvalue weighted by atomic mass is 16.2. The molecule has 1 aromatic rings. The van der Waals surface area contributed by atoms with Crippen molar-refractivity contribution >= 4 is 23.2 Å². The van der Waals surface area contributed by atoms with Crippen LogP contribution in [0.25, 0.3) is 0 Å². The van der Waals surface area contributed by atoms with Crippen molar-refractivity contribution in [3.05, 3.63) is 23.8 Å². The average Bonchev–Trinajstić information content (AvgIpc) is 2.86. The van der Waals surface area contributed by atoms with E-state index < -0.39 is 0 Å². The molecule has 4 heteroatoms. The molecule has 1 aliphatic carbocycles. The lowest BCUT2D eigenvalue weighted by Crippen LogP contribution is -2.21. The average molecular weight is 260 g/mol. The van der Waals surface area contributed by atoms with Gasteiger partial charge in [0.15, 0.2) is 0 Å². The summed E-state index contributed by atoms with van der Waals surface area (Å²) in [5.41, 5.74) is 2.49. The molecule has 0 saturated heterocycles. The number of benzene rings is 1. The molecule has 19 heavy (non-hydrogen) atoms. The second-order valence-electron chi connectivity index (χ2n) is 5.18. The molecule has 1 fully saturated rings. The summed E-state index contributed by atoms with van der Waals surface area (Å²) in [4.78, 5) is 23.1. The summed E-state index contributed by atoms with van der Waals surface area (Å²) in [5, 5.41) is 5.70. The number of carbonyl (C=O) groups is 2. The van der Waals surface area contributed by atoms with Crippen LogP contribution in [0, 0.1) is 12.8 Å². The van der Waals surface area contributed by atoms with E-state index in [0.717, 1.165) is 36.9 Å². The fourth-order valence-corrected chi connectivity index (χ4v) is 2.46. The number of aryl methyl sites for hydroxylation is 1. The first-order valence-electron chi connectivity index (χ1n) is 6.75. The molecule has 2 rings (SSSR count). The van der Waals surface area contributed by atoms with Gasteiger partial charge in [-0.3, -0.25) is 9.59 Å². The molecule has 1 aromatic carbocycles. The molecule has 0 unspecified atom stereocenters. The molecule has 102 valence electrons. The molecular weight excluding hydrogens is 240 g/mol. The smallest absolute Gasteiger partial charge is 0.227 e. The highest BCUT2D eigenvalue weighted by Crippen LogP contribution is 2.27. The van der Waals surface area contributed by atoms with Crippen LogP contribution >= 0.6 is 0 Å². The predicted molar refractivity (Wildman–Crippen MR) is 76.1 cm³/mol. The fraction of sp³-hybridized carbons (Fsp3) is 0.467. The van der Waals surface area contributed by atoms with Crippen LogP contribution in [0.2, 0.25) is 0 Å². The van der Waals surface area contributed by atoms with Crippen LogP contribution in [0.15, 0.2) is 18.2 Å². The first-order chi connectivity index (χ1) is 9.06. The van der Waals surface area contributed by atoms with Gasteiger partial charge in [-0.05, 0) is 37.5 Å². The first kappa shape index (κ1) is 13.6. The molecule has 1 saturated carbocycles. The van der Waals surface area contributed by atoms with E-state index >= 15 is 0 Å². The molecule has 0 bridgehead atoms. The van der Waals surface area contributed by atoms with Gasteiger partial charge in [0.05, 0.1) is 0 Å². The van der Waals surface area contributed by atoms with E-state index in [1.54, 1.807) is 0 Å². The minimum absolute atomic E-state index is 0.0978. The SMILES string of the molecule is CC(=O)Nc1ccc(C)c(NC(=O)C2CCCC2)c1. The van der Waals surface area contributed by atoms with Gasteiger partial charge >= 0.3 is 0 Å². The third-order valence-electron chi connectivity index (χ3n) is 3.54. The predicted octanol–water partition coefficient (Wildman–Crippen LogP) is 3.08. The highest BCUT2D eigenvalue weighted by molar-refractivity contribution is 5.95. The summed E-state index contributed by atoms with van der Waals surface area (Å²) in [5.74, 6) is 0.126. The zero-order chi connectivity index (χ0) is 13.8. The zero-order valence-corrected chi connectivity index (χ0v) is 11.5. The Balaban J connectivity index is 2.09. The molecule has 2 amide bonds. The van der Waals surface area contributed by atoms with Crippen molar-refractivity contribution in [2.75, 3.05) is 10.6 Å². The van der Waals surface area contributed by atoms with Crippen molar-refractivity contribution in [3.8, 4) is 0 Å². The van der Waals surface area contributed by atoms with Crippen LogP contribution in [0.3, 0.4) is 0 Å². The minimum atomic E-state index is -0.114. The third kappa shape index (κ3) is 3.56. The van der Waals surface area contributed by atoms with E-state index in [1.165, 1.54) is 6.92 Å². The maximum atomic E-state index is 12.1. The number of hydrogen-bond donors (Lipinski definition) is 2. The van der Waals surface area contributed by atoms with Crippen LogP contribution in [0.1, 0.15) is 38.2 Å². The first-order valence-corrected chi connectivity index (χ1v) is 6.75. The van der Waals surface area contributed by atoms with Gasteiger partial charge in [-0.15, -0.1) is 0 Å². The standard InChI is InChI=1S/C15H20N2O2/c1-10-7-8-13(16-11(2)18)9-14(10)17-15(19)12-5-3-4-6-12/h7-9,12H,3-6H2,1-2H3,(H,16,18)(H,17,19). The molecule has 4 nitrogen and oxygen atoms in total. The van der Waals surface area contributed by atoms with Crippen molar-refractivity contribution < 1.29 is 9.59 Å². The van der Waals surface area contributed by atoms with Gasteiger partial charge < -0.3 is 10.6 Å². The van der Waals surface area contributed by atoms with Gasteiger partial charge in [0.2, 0.25) is 11.8 Å². The Labute approximate surface area is 113 Å². The van der Waals surface area contributed by atoms with Gasteiger partial charge in [-0.25, -0.2) is 0 Å². The number of hydrogen-bond acceptors (Lipinski definition) is 2. The van der Waals surface area contributed by atoms with Crippen LogP contribution < -0.4 is 10.6 Å². The fourth-order valence-electron chi connectivity index (χ4n) is 2.46. The molecule has 0 aromatic heterocycles. The van der Waals surface area contributed by atoms with Crippen LogP contribution in [-0.2, 0) is 9.59 Å².